The summed E-state index contributed by atoms with van der Waals surface area (Å²) in [5, 5.41) is 0. The summed E-state index contributed by atoms with van der Waals surface area (Å²) in [6.07, 6.45) is 0. The Morgan fingerprint density at radius 1 is 0.500 bits per heavy atom. The van der Waals surface area contributed by atoms with Crippen molar-refractivity contribution in [3.8, 4) is 0 Å². The minimum Gasteiger partial charge on any atom is -0.382 e. The second-order valence-electron chi connectivity index (χ2n) is 3.84. The summed E-state index contributed by atoms with van der Waals surface area (Å²) in [7, 11) is 1.65. The van der Waals surface area contributed by atoms with Gasteiger partial charge in [0.1, 0.15) is 0 Å². The summed E-state index contributed by atoms with van der Waals surface area (Å²) in [6, 6.07) is 0. The van der Waals surface area contributed by atoms with E-state index in [1.165, 1.54) is 0 Å². The fourth-order valence-corrected chi connectivity index (χ4v) is 1.21. The van der Waals surface area contributed by atoms with Crippen molar-refractivity contribution in [1.82, 2.24) is 0 Å². The average molecular weight is 295 g/mol. The van der Waals surface area contributed by atoms with Gasteiger partial charge in [0.25, 0.3) is 0 Å². The summed E-state index contributed by atoms with van der Waals surface area (Å²) in [5.41, 5.74) is 5.28. The van der Waals surface area contributed by atoms with Crippen LogP contribution in [0.2, 0.25) is 0 Å². The molecule has 122 valence electrons. The molecule has 0 rings (SSSR count). The molecule has 2 N–H and O–H groups in total. The van der Waals surface area contributed by atoms with Gasteiger partial charge < -0.3 is 34.2 Å². The van der Waals surface area contributed by atoms with Crippen LogP contribution in [0.1, 0.15) is 0 Å². The van der Waals surface area contributed by atoms with Gasteiger partial charge in [0.2, 0.25) is 0 Å². The molecule has 0 aromatic heterocycles. The van der Waals surface area contributed by atoms with Gasteiger partial charge in [0.15, 0.2) is 0 Å². The van der Waals surface area contributed by atoms with Gasteiger partial charge in [-0.2, -0.15) is 0 Å². The monoisotopic (exact) mass is 295 g/mol. The van der Waals surface area contributed by atoms with Gasteiger partial charge in [-0.3, -0.25) is 0 Å². The van der Waals surface area contributed by atoms with E-state index in [9.17, 15) is 0 Å². The summed E-state index contributed by atoms with van der Waals surface area (Å²) < 4.78 is 31.2. The van der Waals surface area contributed by atoms with E-state index < -0.39 is 0 Å². The van der Waals surface area contributed by atoms with Crippen LogP contribution in [0.3, 0.4) is 0 Å². The summed E-state index contributed by atoms with van der Waals surface area (Å²) in [5.74, 6) is 0. The topological polar surface area (TPSA) is 81.4 Å². The lowest BCUT2D eigenvalue weighted by atomic mass is 10.6. The van der Waals surface area contributed by atoms with Crippen LogP contribution in [0.5, 0.6) is 0 Å². The number of rotatable bonds is 17. The van der Waals surface area contributed by atoms with Crippen LogP contribution in [-0.4, -0.2) is 86.3 Å². The van der Waals surface area contributed by atoms with E-state index >= 15 is 0 Å². The van der Waals surface area contributed by atoms with E-state index in [4.69, 9.17) is 34.2 Å². The first-order valence-electron chi connectivity index (χ1n) is 6.99. The molecule has 20 heavy (non-hydrogen) atoms. The molecule has 0 aromatic carbocycles. The molecule has 0 saturated carbocycles. The Hall–Kier alpha value is -0.280. The zero-order chi connectivity index (χ0) is 14.7. The largest absolute Gasteiger partial charge is 0.382 e. The van der Waals surface area contributed by atoms with Crippen LogP contribution in [0.15, 0.2) is 0 Å². The quantitative estimate of drug-likeness (QED) is 0.368. The van der Waals surface area contributed by atoms with Crippen molar-refractivity contribution >= 4 is 0 Å². The molecule has 0 bridgehead atoms. The van der Waals surface area contributed by atoms with Crippen LogP contribution in [0, 0.1) is 0 Å². The highest BCUT2D eigenvalue weighted by Crippen LogP contribution is 1.83. The first kappa shape index (κ1) is 19.7. The third-order valence-electron chi connectivity index (χ3n) is 2.18. The van der Waals surface area contributed by atoms with Crippen molar-refractivity contribution in [1.29, 1.82) is 0 Å². The van der Waals surface area contributed by atoms with Crippen LogP contribution < -0.4 is 5.73 Å². The van der Waals surface area contributed by atoms with Gasteiger partial charge in [-0.15, -0.1) is 0 Å². The van der Waals surface area contributed by atoms with Gasteiger partial charge in [0.05, 0.1) is 72.7 Å². The number of ether oxygens (including phenoxy) is 6. The molecular formula is C13H29NO6. The van der Waals surface area contributed by atoms with Crippen molar-refractivity contribution in [3.05, 3.63) is 0 Å². The normalized spacial score (nSPS) is 11.1. The maximum Gasteiger partial charge on any atom is 0.0701 e. The molecule has 0 aliphatic heterocycles. The Morgan fingerprint density at radius 3 is 1.10 bits per heavy atom. The summed E-state index contributed by atoms with van der Waals surface area (Å²) in [6.45, 7) is 6.87. The Kier molecular flexibility index (Phi) is 18.5. The lowest BCUT2D eigenvalue weighted by molar-refractivity contribution is -0.0142. The Balaban J connectivity index is 2.89. The molecular weight excluding hydrogens is 266 g/mol. The van der Waals surface area contributed by atoms with Crippen molar-refractivity contribution in [2.24, 2.45) is 5.73 Å². The maximum absolute atomic E-state index is 5.33. The number of hydrogen-bond acceptors (Lipinski definition) is 7. The average Bonchev–Trinajstić information content (AvgIpc) is 2.47. The maximum atomic E-state index is 5.33. The fraction of sp³-hybridized carbons (Fsp3) is 1.00. The Morgan fingerprint density at radius 2 is 0.800 bits per heavy atom. The van der Waals surface area contributed by atoms with Crippen molar-refractivity contribution < 1.29 is 28.4 Å². The minimum absolute atomic E-state index is 0.542. The Labute approximate surface area is 121 Å². The van der Waals surface area contributed by atoms with E-state index in [1.807, 2.05) is 0 Å². The van der Waals surface area contributed by atoms with Gasteiger partial charge in [-0.1, -0.05) is 0 Å². The molecule has 0 unspecified atom stereocenters. The molecule has 0 fully saturated rings. The molecule has 0 spiro atoms. The molecule has 0 heterocycles. The molecule has 0 aliphatic rings. The van der Waals surface area contributed by atoms with E-state index in [0.29, 0.717) is 79.2 Å². The highest BCUT2D eigenvalue weighted by atomic mass is 16.6. The standard InChI is InChI=1S/C13H29NO6/c1-15-4-5-17-8-9-19-12-13-20-11-10-18-7-6-16-3-2-14/h2-14H2,1H3. The molecule has 0 atom stereocenters. The summed E-state index contributed by atoms with van der Waals surface area (Å²) >= 11 is 0. The first-order valence-corrected chi connectivity index (χ1v) is 6.99. The number of hydrogen-bond donors (Lipinski definition) is 1. The molecule has 0 radical (unpaired) electrons. The van der Waals surface area contributed by atoms with Crippen molar-refractivity contribution in [2.45, 2.75) is 0 Å². The van der Waals surface area contributed by atoms with Crippen molar-refractivity contribution in [3.63, 3.8) is 0 Å². The highest BCUT2D eigenvalue weighted by Gasteiger charge is 1.93. The van der Waals surface area contributed by atoms with Gasteiger partial charge in [0, 0.05) is 13.7 Å². The molecule has 0 amide bonds. The predicted molar refractivity (Wildman–Crippen MR) is 75.0 cm³/mol. The Bertz CT molecular complexity index is 155. The van der Waals surface area contributed by atoms with Gasteiger partial charge in [-0.05, 0) is 0 Å². The van der Waals surface area contributed by atoms with Crippen LogP contribution in [0.25, 0.3) is 0 Å². The fourth-order valence-electron chi connectivity index (χ4n) is 1.21. The molecule has 0 aromatic rings. The molecule has 7 heteroatoms. The second-order valence-corrected chi connectivity index (χ2v) is 3.84. The molecule has 0 saturated heterocycles. The summed E-state index contributed by atoms with van der Waals surface area (Å²) in [4.78, 5) is 0. The zero-order valence-corrected chi connectivity index (χ0v) is 12.5. The lowest BCUT2D eigenvalue weighted by Crippen LogP contribution is -2.15. The predicted octanol–water partition coefficient (Wildman–Crippen LogP) is -0.325. The number of nitrogens with two attached hydrogens (primary N) is 1. The van der Waals surface area contributed by atoms with Gasteiger partial charge >= 0.3 is 0 Å². The first-order chi connectivity index (χ1) is 9.91. The smallest absolute Gasteiger partial charge is 0.0701 e. The van der Waals surface area contributed by atoms with E-state index in [0.717, 1.165) is 0 Å². The van der Waals surface area contributed by atoms with Crippen molar-refractivity contribution in [2.75, 3.05) is 86.3 Å². The second kappa shape index (κ2) is 18.7. The molecule has 7 nitrogen and oxygen atoms in total. The zero-order valence-electron chi connectivity index (χ0n) is 12.5. The molecule has 0 aliphatic carbocycles. The van der Waals surface area contributed by atoms with E-state index in [-0.39, 0.29) is 0 Å². The van der Waals surface area contributed by atoms with Crippen LogP contribution >= 0.6 is 0 Å². The van der Waals surface area contributed by atoms with E-state index in [2.05, 4.69) is 0 Å². The SMILES string of the molecule is COCCOCCOCCOCCOCCOCCN. The lowest BCUT2D eigenvalue weighted by Gasteiger charge is -2.07. The highest BCUT2D eigenvalue weighted by molar-refractivity contribution is 4.36. The minimum atomic E-state index is 0.542. The number of methoxy groups -OCH3 is 1. The third-order valence-corrected chi connectivity index (χ3v) is 2.18. The van der Waals surface area contributed by atoms with E-state index in [1.54, 1.807) is 7.11 Å². The van der Waals surface area contributed by atoms with Crippen LogP contribution in [0.4, 0.5) is 0 Å². The van der Waals surface area contributed by atoms with Crippen LogP contribution in [-0.2, 0) is 28.4 Å². The van der Waals surface area contributed by atoms with Gasteiger partial charge in [-0.25, -0.2) is 0 Å². The third kappa shape index (κ3) is 17.7.